The van der Waals surface area contributed by atoms with Gasteiger partial charge in [0.2, 0.25) is 0 Å². The van der Waals surface area contributed by atoms with Crippen LogP contribution in [-0.4, -0.2) is 3.71 Å². The van der Waals surface area contributed by atoms with Gasteiger partial charge in [-0.2, -0.15) is 52.1 Å². The molecular formula is C40H50Cl2Zr-2. The summed E-state index contributed by atoms with van der Waals surface area (Å²) in [5.74, 6) is 0. The van der Waals surface area contributed by atoms with E-state index < -0.39 is 0 Å². The molecule has 0 N–H and O–H groups in total. The molecule has 0 amide bonds. The zero-order valence-electron chi connectivity index (χ0n) is 28.2. The molecule has 3 heteroatoms. The Kier molecular flexibility index (Phi) is 14.7. The van der Waals surface area contributed by atoms with Crippen LogP contribution in [0.25, 0.3) is 11.1 Å². The van der Waals surface area contributed by atoms with Crippen LogP contribution in [0.3, 0.4) is 0 Å². The third kappa shape index (κ3) is 10.7. The zero-order chi connectivity index (χ0) is 30.6. The van der Waals surface area contributed by atoms with E-state index in [4.69, 9.17) is 0 Å². The van der Waals surface area contributed by atoms with Gasteiger partial charge in [-0.1, -0.05) is 123 Å². The van der Waals surface area contributed by atoms with Gasteiger partial charge >= 0.3 is 63.8 Å². The van der Waals surface area contributed by atoms with E-state index >= 15 is 0 Å². The van der Waals surface area contributed by atoms with Crippen molar-refractivity contribution in [1.29, 1.82) is 0 Å². The fourth-order valence-electron chi connectivity index (χ4n) is 5.24. The molecule has 0 saturated carbocycles. The van der Waals surface area contributed by atoms with Gasteiger partial charge in [0.15, 0.2) is 0 Å². The predicted octanol–water partition coefficient (Wildman–Crippen LogP) is 4.62. The number of rotatable bonds is 2. The summed E-state index contributed by atoms with van der Waals surface area (Å²) in [6.07, 6.45) is 2.18. The van der Waals surface area contributed by atoms with E-state index in [0.29, 0.717) is 5.41 Å². The third-order valence-corrected chi connectivity index (χ3v) is 8.62. The van der Waals surface area contributed by atoms with E-state index in [2.05, 4.69) is 153 Å². The number of hydrogen-bond donors (Lipinski definition) is 0. The number of aryl methyl sites for hydroxylation is 2. The molecule has 4 aromatic rings. The summed E-state index contributed by atoms with van der Waals surface area (Å²) in [5, 5.41) is 0. The fourth-order valence-corrected chi connectivity index (χ4v) is 5.71. The van der Waals surface area contributed by atoms with Gasteiger partial charge in [0.1, 0.15) is 0 Å². The van der Waals surface area contributed by atoms with Gasteiger partial charge in [0.05, 0.1) is 0 Å². The number of benzene rings is 3. The fraction of sp³-hybridized carbons (Fsp3) is 0.400. The Morgan fingerprint density at radius 2 is 1.35 bits per heavy atom. The van der Waals surface area contributed by atoms with Gasteiger partial charge < -0.3 is 24.8 Å². The molecule has 0 saturated heterocycles. The molecule has 1 aliphatic rings. The first-order valence-electron chi connectivity index (χ1n) is 15.1. The summed E-state index contributed by atoms with van der Waals surface area (Å²) in [6, 6.07) is 30.0. The zero-order valence-corrected chi connectivity index (χ0v) is 32.1. The molecule has 0 bridgehead atoms. The molecule has 0 nitrogen and oxygen atoms in total. The van der Waals surface area contributed by atoms with E-state index in [1.54, 1.807) is 0 Å². The Bertz CT molecular complexity index is 1390. The van der Waals surface area contributed by atoms with Gasteiger partial charge in [-0.05, 0) is 17.4 Å². The van der Waals surface area contributed by atoms with E-state index in [-0.39, 0.29) is 35.6 Å². The van der Waals surface area contributed by atoms with Crippen molar-refractivity contribution in [2.45, 2.75) is 105 Å². The average molecular weight is 693 g/mol. The van der Waals surface area contributed by atoms with Crippen LogP contribution in [0.15, 0.2) is 72.8 Å². The van der Waals surface area contributed by atoms with Crippen LogP contribution in [-0.2, 0) is 53.3 Å². The Morgan fingerprint density at radius 1 is 0.767 bits per heavy atom. The molecular weight excluding hydrogens is 643 g/mol. The Balaban J connectivity index is 0.000000357. The Hall–Kier alpha value is -1.66. The van der Waals surface area contributed by atoms with Crippen LogP contribution in [0.2, 0.25) is 0 Å². The van der Waals surface area contributed by atoms with Crippen molar-refractivity contribution in [2.75, 3.05) is 0 Å². The molecule has 5 rings (SSSR count). The molecule has 0 aliphatic heterocycles. The first kappa shape index (κ1) is 39.4. The summed E-state index contributed by atoms with van der Waals surface area (Å²) < 4.78 is 2.17. The third-order valence-electron chi connectivity index (χ3n) is 7.80. The normalized spacial score (nSPS) is 11.8. The molecule has 43 heavy (non-hydrogen) atoms. The molecule has 4 aromatic carbocycles. The van der Waals surface area contributed by atoms with Gasteiger partial charge in [-0.3, -0.25) is 0 Å². The summed E-state index contributed by atoms with van der Waals surface area (Å²) in [5.41, 5.74) is 14.8. The SMILES string of the molecule is CC(C)(C)c1c[c-]c2c(c1)-c1cc(C(C)(C)C)ccc1C2.CCc1[cH-]c(C)cc1C(C)(C)C.[Cl-].[Cl-].[Zr+2]=[CH]c1ccccc1. The molecule has 0 heterocycles. The summed E-state index contributed by atoms with van der Waals surface area (Å²) >= 11 is 1.46. The van der Waals surface area contributed by atoms with Gasteiger partial charge in [-0.25, -0.2) is 6.07 Å². The monoisotopic (exact) mass is 690 g/mol. The number of hydrogen-bond acceptors (Lipinski definition) is 0. The van der Waals surface area contributed by atoms with Crippen molar-refractivity contribution in [1.82, 2.24) is 0 Å². The van der Waals surface area contributed by atoms with Crippen LogP contribution in [0.1, 0.15) is 114 Å². The van der Waals surface area contributed by atoms with Crippen LogP contribution in [0, 0.1) is 13.0 Å². The van der Waals surface area contributed by atoms with Gasteiger partial charge in [0, 0.05) is 0 Å². The second kappa shape index (κ2) is 16.1. The molecule has 0 radical (unpaired) electrons. The standard InChI is InChI=1S/C21H25.C12H19.C7H6.2ClH.Zr/c1-20(2,3)16-9-7-14-11-15-8-10-17(21(4,5)6)13-19(15)18(14)12-16;1-6-10-7-9(2)8-11(10)12(3,4)5;1-7-5-3-2-4-6-7;;;/h7,9-10,12-13H,11H2,1-6H3;7-8H,6H2,1-5H3;1-6H;2*1H;/q2*-1;;;;+2/p-2. The topological polar surface area (TPSA) is 0 Å². The number of fused-ring (bicyclic) bond motifs is 3. The average Bonchev–Trinajstić information content (AvgIpc) is 3.48. The van der Waals surface area contributed by atoms with Crippen LogP contribution in [0.5, 0.6) is 0 Å². The van der Waals surface area contributed by atoms with E-state index in [9.17, 15) is 0 Å². The Morgan fingerprint density at radius 3 is 1.81 bits per heavy atom. The van der Waals surface area contributed by atoms with E-state index in [0.717, 1.165) is 12.8 Å². The minimum atomic E-state index is 0. The maximum atomic E-state index is 3.53. The molecule has 0 aromatic heterocycles. The molecule has 0 unspecified atom stereocenters. The van der Waals surface area contributed by atoms with Crippen molar-refractivity contribution in [3.8, 4) is 11.1 Å². The van der Waals surface area contributed by atoms with Crippen molar-refractivity contribution < 1.29 is 49.0 Å². The quantitative estimate of drug-likeness (QED) is 0.237. The van der Waals surface area contributed by atoms with Crippen LogP contribution < -0.4 is 24.8 Å². The van der Waals surface area contributed by atoms with Crippen molar-refractivity contribution >= 4 is 3.71 Å². The Labute approximate surface area is 290 Å². The maximum absolute atomic E-state index is 3.53. The molecule has 0 atom stereocenters. The molecule has 230 valence electrons. The second-order valence-electron chi connectivity index (χ2n) is 14.5. The first-order chi connectivity index (χ1) is 19.0. The van der Waals surface area contributed by atoms with E-state index in [1.165, 1.54) is 79.9 Å². The van der Waals surface area contributed by atoms with Gasteiger partial charge in [-0.15, -0.1) is 5.56 Å². The molecule has 0 fully saturated rings. The van der Waals surface area contributed by atoms with Crippen molar-refractivity contribution in [2.24, 2.45) is 0 Å². The first-order valence-corrected chi connectivity index (χ1v) is 16.5. The molecule has 1 aliphatic carbocycles. The van der Waals surface area contributed by atoms with Gasteiger partial charge in [0.25, 0.3) is 0 Å². The molecule has 0 spiro atoms. The predicted molar refractivity (Wildman–Crippen MR) is 177 cm³/mol. The second-order valence-corrected chi connectivity index (χ2v) is 15.2. The van der Waals surface area contributed by atoms with Crippen molar-refractivity contribution in [3.63, 3.8) is 0 Å². The van der Waals surface area contributed by atoms with Crippen LogP contribution >= 0.6 is 0 Å². The summed E-state index contributed by atoms with van der Waals surface area (Å²) in [4.78, 5) is 0. The van der Waals surface area contributed by atoms with E-state index in [1.807, 2.05) is 6.07 Å². The summed E-state index contributed by atoms with van der Waals surface area (Å²) in [7, 11) is 0. The number of halogens is 2. The van der Waals surface area contributed by atoms with Crippen LogP contribution in [0.4, 0.5) is 0 Å². The minimum absolute atomic E-state index is 0. The summed E-state index contributed by atoms with van der Waals surface area (Å²) in [6.45, 7) is 24.9. The van der Waals surface area contributed by atoms with Crippen molar-refractivity contribution in [3.05, 3.63) is 123 Å².